The van der Waals surface area contributed by atoms with Crippen molar-refractivity contribution in [2.75, 3.05) is 5.32 Å². The average Bonchev–Trinajstić information content (AvgIpc) is 3.46. The number of halogens is 1. The van der Waals surface area contributed by atoms with Crippen LogP contribution in [0.15, 0.2) is 133 Å². The Morgan fingerprint density at radius 2 is 1.35 bits per heavy atom. The summed E-state index contributed by atoms with van der Waals surface area (Å²) < 4.78 is 6.50. The van der Waals surface area contributed by atoms with Crippen LogP contribution >= 0.6 is 11.6 Å². The molecular formula is C37H28ClNO. The number of fused-ring (bicyclic) bond motifs is 1. The Bertz CT molecular complexity index is 1730. The molecule has 40 heavy (non-hydrogen) atoms. The minimum absolute atomic E-state index is 0.304. The zero-order valence-corrected chi connectivity index (χ0v) is 22.7. The molecule has 0 aromatic heterocycles. The molecule has 1 atom stereocenters. The lowest BCUT2D eigenvalue weighted by Crippen LogP contribution is -2.10. The van der Waals surface area contributed by atoms with Gasteiger partial charge in [0.05, 0.1) is 5.69 Å². The summed E-state index contributed by atoms with van der Waals surface area (Å²) in [6, 6.07) is 40.4. The lowest BCUT2D eigenvalue weighted by Gasteiger charge is -2.14. The molecular weight excluding hydrogens is 510 g/mol. The Morgan fingerprint density at radius 3 is 2.08 bits per heavy atom. The molecule has 0 saturated carbocycles. The van der Waals surface area contributed by atoms with Gasteiger partial charge in [0.2, 0.25) is 0 Å². The van der Waals surface area contributed by atoms with E-state index < -0.39 is 0 Å². The third-order valence-corrected chi connectivity index (χ3v) is 7.91. The van der Waals surface area contributed by atoms with Gasteiger partial charge in [-0.2, -0.15) is 0 Å². The van der Waals surface area contributed by atoms with Gasteiger partial charge in [-0.3, -0.25) is 0 Å². The van der Waals surface area contributed by atoms with Crippen molar-refractivity contribution in [1.29, 1.82) is 0 Å². The normalized spacial score (nSPS) is 15.6. The fourth-order valence-electron chi connectivity index (χ4n) is 5.55. The number of nitrogens with one attached hydrogen (secondary N) is 1. The van der Waals surface area contributed by atoms with E-state index in [1.54, 1.807) is 0 Å². The Morgan fingerprint density at radius 1 is 0.650 bits per heavy atom. The first kappa shape index (κ1) is 24.5. The van der Waals surface area contributed by atoms with Crippen molar-refractivity contribution >= 4 is 22.9 Å². The second-order valence-electron chi connectivity index (χ2n) is 10.3. The summed E-state index contributed by atoms with van der Waals surface area (Å²) in [6.07, 6.45) is 8.47. The van der Waals surface area contributed by atoms with E-state index in [9.17, 15) is 0 Å². The van der Waals surface area contributed by atoms with Crippen LogP contribution in [0.25, 0.3) is 39.0 Å². The molecule has 2 aliphatic rings. The average molecular weight is 538 g/mol. The summed E-state index contributed by atoms with van der Waals surface area (Å²) in [5, 5.41) is 4.33. The first-order chi connectivity index (χ1) is 19.7. The molecule has 0 saturated heterocycles. The van der Waals surface area contributed by atoms with Crippen LogP contribution in [0.4, 0.5) is 5.69 Å². The minimum atomic E-state index is -0.304. The SMILES string of the molecule is Clc1cccc(C2Nc3c(cc(-c4ccc(-c5ccccc5)cc4)cc3-c3ccc(C4=CC=CCC4)cc3)O2)c1. The van der Waals surface area contributed by atoms with E-state index >= 15 is 0 Å². The third kappa shape index (κ3) is 4.83. The van der Waals surface area contributed by atoms with Crippen LogP contribution in [-0.2, 0) is 0 Å². The molecule has 0 amide bonds. The van der Waals surface area contributed by atoms with Gasteiger partial charge in [0.25, 0.3) is 0 Å². The molecule has 0 spiro atoms. The predicted octanol–water partition coefficient (Wildman–Crippen LogP) is 10.6. The fraction of sp³-hybridized carbons (Fsp3) is 0.0811. The summed E-state index contributed by atoms with van der Waals surface area (Å²) in [5.74, 6) is 0.841. The highest BCUT2D eigenvalue weighted by atomic mass is 35.5. The predicted molar refractivity (Wildman–Crippen MR) is 168 cm³/mol. The summed E-state index contributed by atoms with van der Waals surface area (Å²) in [4.78, 5) is 0. The Balaban J connectivity index is 1.28. The van der Waals surface area contributed by atoms with Gasteiger partial charge in [-0.25, -0.2) is 0 Å². The van der Waals surface area contributed by atoms with Crippen LogP contribution in [0.2, 0.25) is 5.02 Å². The number of allylic oxidation sites excluding steroid dienone is 4. The number of hydrogen-bond donors (Lipinski definition) is 1. The number of hydrogen-bond acceptors (Lipinski definition) is 2. The second-order valence-corrected chi connectivity index (χ2v) is 10.7. The number of ether oxygens (including phenoxy) is 1. The molecule has 5 aromatic rings. The summed E-state index contributed by atoms with van der Waals surface area (Å²) in [6.45, 7) is 0. The molecule has 1 heterocycles. The van der Waals surface area contributed by atoms with Crippen LogP contribution in [-0.4, -0.2) is 0 Å². The fourth-order valence-corrected chi connectivity index (χ4v) is 5.75. The highest BCUT2D eigenvalue weighted by Crippen LogP contribution is 2.47. The molecule has 1 unspecified atom stereocenters. The maximum atomic E-state index is 6.50. The standard InChI is InChI=1S/C37H28ClNO/c38-33-13-7-12-31(22-33)37-39-36-34(30-20-18-28(19-21-30)26-10-5-2-6-11-26)23-32(24-35(36)40-37)29-16-14-27(15-17-29)25-8-3-1-4-9-25/h1-5,7-10,12-24,37,39H,6,11H2. The zero-order chi connectivity index (χ0) is 26.9. The number of anilines is 1. The number of rotatable bonds is 5. The van der Waals surface area contributed by atoms with E-state index in [0.717, 1.165) is 52.1 Å². The largest absolute Gasteiger partial charge is 0.464 e. The number of benzene rings is 5. The first-order valence-electron chi connectivity index (χ1n) is 13.7. The Labute approximate surface area is 240 Å². The maximum Gasteiger partial charge on any atom is 0.196 e. The van der Waals surface area contributed by atoms with Crippen LogP contribution in [0, 0.1) is 0 Å². The van der Waals surface area contributed by atoms with Gasteiger partial charge in [0.1, 0.15) is 5.75 Å². The van der Waals surface area contributed by atoms with Gasteiger partial charge in [0, 0.05) is 16.1 Å². The molecule has 3 heteroatoms. The smallest absolute Gasteiger partial charge is 0.196 e. The zero-order valence-electron chi connectivity index (χ0n) is 22.0. The van der Waals surface area contributed by atoms with Crippen molar-refractivity contribution in [3.63, 3.8) is 0 Å². The van der Waals surface area contributed by atoms with E-state index in [2.05, 4.69) is 108 Å². The van der Waals surface area contributed by atoms with Crippen molar-refractivity contribution in [3.8, 4) is 39.1 Å². The summed E-state index contributed by atoms with van der Waals surface area (Å²) in [5.41, 5.74) is 11.6. The van der Waals surface area contributed by atoms with E-state index in [4.69, 9.17) is 16.3 Å². The van der Waals surface area contributed by atoms with Crippen LogP contribution in [0.1, 0.15) is 30.2 Å². The first-order valence-corrected chi connectivity index (χ1v) is 14.1. The quantitative estimate of drug-likeness (QED) is 0.241. The van der Waals surface area contributed by atoms with Crippen molar-refractivity contribution in [2.24, 2.45) is 0 Å². The molecule has 1 aliphatic carbocycles. The summed E-state index contributed by atoms with van der Waals surface area (Å²) in [7, 11) is 0. The maximum absolute atomic E-state index is 6.50. The van der Waals surface area contributed by atoms with Gasteiger partial charge in [-0.1, -0.05) is 121 Å². The van der Waals surface area contributed by atoms with E-state index in [1.165, 1.54) is 22.3 Å². The van der Waals surface area contributed by atoms with Gasteiger partial charge >= 0.3 is 0 Å². The van der Waals surface area contributed by atoms with Crippen LogP contribution in [0.3, 0.4) is 0 Å². The lowest BCUT2D eigenvalue weighted by molar-refractivity contribution is 0.260. The van der Waals surface area contributed by atoms with Crippen LogP contribution in [0.5, 0.6) is 5.75 Å². The molecule has 0 fully saturated rings. The molecule has 2 nitrogen and oxygen atoms in total. The summed E-state index contributed by atoms with van der Waals surface area (Å²) >= 11 is 6.31. The Kier molecular flexibility index (Phi) is 6.47. The third-order valence-electron chi connectivity index (χ3n) is 7.68. The molecule has 1 aliphatic heterocycles. The highest BCUT2D eigenvalue weighted by molar-refractivity contribution is 6.30. The van der Waals surface area contributed by atoms with E-state index in [-0.39, 0.29) is 6.23 Å². The molecule has 0 radical (unpaired) electrons. The molecule has 0 bridgehead atoms. The Hall–Kier alpha value is -4.53. The van der Waals surface area contributed by atoms with Gasteiger partial charge in [-0.15, -0.1) is 0 Å². The topological polar surface area (TPSA) is 21.3 Å². The van der Waals surface area contributed by atoms with Gasteiger partial charge < -0.3 is 10.1 Å². The van der Waals surface area contributed by atoms with Gasteiger partial charge in [0.15, 0.2) is 6.23 Å². The van der Waals surface area contributed by atoms with E-state index in [1.807, 2.05) is 30.3 Å². The minimum Gasteiger partial charge on any atom is -0.464 e. The second kappa shape index (κ2) is 10.6. The van der Waals surface area contributed by atoms with Crippen LogP contribution < -0.4 is 10.1 Å². The lowest BCUT2D eigenvalue weighted by atomic mass is 9.93. The van der Waals surface area contributed by atoms with Crippen molar-refractivity contribution in [3.05, 3.63) is 150 Å². The van der Waals surface area contributed by atoms with Crippen molar-refractivity contribution in [2.45, 2.75) is 19.1 Å². The molecule has 5 aromatic carbocycles. The van der Waals surface area contributed by atoms with Crippen molar-refractivity contribution in [1.82, 2.24) is 0 Å². The van der Waals surface area contributed by atoms with E-state index in [0.29, 0.717) is 5.02 Å². The van der Waals surface area contributed by atoms with Gasteiger partial charge in [-0.05, 0) is 76.1 Å². The molecule has 1 N–H and O–H groups in total. The molecule has 194 valence electrons. The highest BCUT2D eigenvalue weighted by Gasteiger charge is 2.27. The molecule has 7 rings (SSSR count). The monoisotopic (exact) mass is 537 g/mol. The van der Waals surface area contributed by atoms with Crippen molar-refractivity contribution < 1.29 is 4.74 Å².